The van der Waals surface area contributed by atoms with Crippen molar-refractivity contribution in [2.24, 2.45) is 0 Å². The molecule has 0 radical (unpaired) electrons. The maximum Gasteiger partial charge on any atom is 0.143 e. The van der Waals surface area contributed by atoms with Gasteiger partial charge in [0.25, 0.3) is 0 Å². The normalized spacial score (nSPS) is 20.2. The molecule has 14 heavy (non-hydrogen) atoms. The first-order chi connectivity index (χ1) is 6.84. The van der Waals surface area contributed by atoms with Crippen LogP contribution < -0.4 is 0 Å². The van der Waals surface area contributed by atoms with Gasteiger partial charge in [0, 0.05) is 6.42 Å². The van der Waals surface area contributed by atoms with Crippen LogP contribution in [0.5, 0.6) is 0 Å². The van der Waals surface area contributed by atoms with Gasteiger partial charge in [-0.25, -0.2) is 0 Å². The standard InChI is InChI=1S/C12H14O2/c1-10-8-13-9-12(14-10)7-11-5-3-2-4-6-11/h2-3,5,8-9H,4,6-7H2,1H3. The summed E-state index contributed by atoms with van der Waals surface area (Å²) in [6.45, 7) is 1.89. The Morgan fingerprint density at radius 2 is 2.29 bits per heavy atom. The molecular weight excluding hydrogens is 176 g/mol. The maximum absolute atomic E-state index is 5.52. The fourth-order valence-electron chi connectivity index (χ4n) is 1.56. The molecule has 1 aliphatic carbocycles. The van der Waals surface area contributed by atoms with E-state index in [0.29, 0.717) is 0 Å². The number of rotatable bonds is 2. The highest BCUT2D eigenvalue weighted by atomic mass is 16.5. The van der Waals surface area contributed by atoms with Crippen LogP contribution in [0.2, 0.25) is 0 Å². The van der Waals surface area contributed by atoms with Gasteiger partial charge in [0.15, 0.2) is 0 Å². The zero-order valence-electron chi connectivity index (χ0n) is 8.32. The highest BCUT2D eigenvalue weighted by molar-refractivity contribution is 5.22. The zero-order chi connectivity index (χ0) is 9.80. The topological polar surface area (TPSA) is 18.5 Å². The van der Waals surface area contributed by atoms with Gasteiger partial charge in [0.05, 0.1) is 0 Å². The molecule has 0 aromatic heterocycles. The predicted octanol–water partition coefficient (Wildman–Crippen LogP) is 3.40. The third-order valence-electron chi connectivity index (χ3n) is 2.23. The fourth-order valence-corrected chi connectivity index (χ4v) is 1.56. The van der Waals surface area contributed by atoms with Crippen molar-refractivity contribution in [2.75, 3.05) is 0 Å². The lowest BCUT2D eigenvalue weighted by Crippen LogP contribution is -1.99. The summed E-state index contributed by atoms with van der Waals surface area (Å²) in [4.78, 5) is 0. The van der Waals surface area contributed by atoms with Crippen molar-refractivity contribution < 1.29 is 9.47 Å². The van der Waals surface area contributed by atoms with E-state index in [1.54, 1.807) is 12.5 Å². The highest BCUT2D eigenvalue weighted by Crippen LogP contribution is 2.23. The summed E-state index contributed by atoms with van der Waals surface area (Å²) in [7, 11) is 0. The molecule has 2 heteroatoms. The van der Waals surface area contributed by atoms with Crippen molar-refractivity contribution in [3.8, 4) is 0 Å². The maximum atomic E-state index is 5.52. The van der Waals surface area contributed by atoms with Crippen LogP contribution in [-0.2, 0) is 9.47 Å². The molecule has 74 valence electrons. The predicted molar refractivity (Wildman–Crippen MR) is 55.1 cm³/mol. The molecule has 2 rings (SSSR count). The van der Waals surface area contributed by atoms with Gasteiger partial charge in [-0.3, -0.25) is 0 Å². The molecule has 0 aromatic rings. The van der Waals surface area contributed by atoms with Gasteiger partial charge < -0.3 is 9.47 Å². The van der Waals surface area contributed by atoms with Gasteiger partial charge in [-0.2, -0.15) is 0 Å². The first kappa shape index (κ1) is 9.13. The SMILES string of the molecule is CC1=COC=C(CC2=CC=CCC2)O1. The van der Waals surface area contributed by atoms with Crippen LogP contribution >= 0.6 is 0 Å². The third kappa shape index (κ3) is 2.28. The minimum Gasteiger partial charge on any atom is -0.466 e. The third-order valence-corrected chi connectivity index (χ3v) is 2.23. The minimum absolute atomic E-state index is 0.814. The van der Waals surface area contributed by atoms with E-state index in [4.69, 9.17) is 9.47 Å². The second kappa shape index (κ2) is 4.18. The molecular formula is C12H14O2. The van der Waals surface area contributed by atoms with Crippen molar-refractivity contribution in [1.82, 2.24) is 0 Å². The van der Waals surface area contributed by atoms with Crippen molar-refractivity contribution in [3.05, 3.63) is 47.8 Å². The summed E-state index contributed by atoms with van der Waals surface area (Å²) in [6, 6.07) is 0. The molecule has 2 aliphatic rings. The second-order valence-electron chi connectivity index (χ2n) is 3.52. The lowest BCUT2D eigenvalue weighted by atomic mass is 10.0. The molecule has 1 heterocycles. The van der Waals surface area contributed by atoms with E-state index in [2.05, 4.69) is 18.2 Å². The van der Waals surface area contributed by atoms with Crippen LogP contribution in [0.4, 0.5) is 0 Å². The van der Waals surface area contributed by atoms with Gasteiger partial charge >= 0.3 is 0 Å². The summed E-state index contributed by atoms with van der Waals surface area (Å²) < 4.78 is 10.7. The van der Waals surface area contributed by atoms with Gasteiger partial charge in [-0.15, -0.1) is 0 Å². The Morgan fingerprint density at radius 3 is 3.00 bits per heavy atom. The van der Waals surface area contributed by atoms with Crippen molar-refractivity contribution >= 4 is 0 Å². The van der Waals surface area contributed by atoms with Gasteiger partial charge in [0.2, 0.25) is 0 Å². The second-order valence-corrected chi connectivity index (χ2v) is 3.52. The van der Waals surface area contributed by atoms with Crippen LogP contribution in [0, 0.1) is 0 Å². The molecule has 0 N–H and O–H groups in total. The molecule has 0 fully saturated rings. The average molecular weight is 190 g/mol. The van der Waals surface area contributed by atoms with Crippen molar-refractivity contribution in [3.63, 3.8) is 0 Å². The molecule has 1 aliphatic heterocycles. The Labute approximate surface area is 84.2 Å². The fraction of sp³-hybridized carbons (Fsp3) is 0.333. The summed E-state index contributed by atoms with van der Waals surface area (Å²) in [6.07, 6.45) is 12.8. The first-order valence-electron chi connectivity index (χ1n) is 4.88. The summed E-state index contributed by atoms with van der Waals surface area (Å²) in [5.41, 5.74) is 1.40. The van der Waals surface area contributed by atoms with E-state index in [0.717, 1.165) is 30.8 Å². The monoisotopic (exact) mass is 190 g/mol. The van der Waals surface area contributed by atoms with E-state index in [-0.39, 0.29) is 0 Å². The largest absolute Gasteiger partial charge is 0.466 e. The number of hydrogen-bond donors (Lipinski definition) is 0. The highest BCUT2D eigenvalue weighted by Gasteiger charge is 2.09. The minimum atomic E-state index is 0.814. The zero-order valence-corrected chi connectivity index (χ0v) is 8.32. The van der Waals surface area contributed by atoms with E-state index in [1.807, 2.05) is 6.92 Å². The van der Waals surface area contributed by atoms with Crippen LogP contribution in [0.1, 0.15) is 26.2 Å². The molecule has 0 spiro atoms. The number of hydrogen-bond acceptors (Lipinski definition) is 2. The molecule has 2 nitrogen and oxygen atoms in total. The Morgan fingerprint density at radius 1 is 1.36 bits per heavy atom. The van der Waals surface area contributed by atoms with Crippen LogP contribution in [0.15, 0.2) is 47.8 Å². The average Bonchev–Trinajstić information content (AvgIpc) is 2.19. The lowest BCUT2D eigenvalue weighted by Gasteiger charge is -2.16. The molecule has 0 amide bonds. The smallest absolute Gasteiger partial charge is 0.143 e. The first-order valence-corrected chi connectivity index (χ1v) is 4.88. The molecule has 0 saturated heterocycles. The summed E-state index contributed by atoms with van der Waals surface area (Å²) >= 11 is 0. The summed E-state index contributed by atoms with van der Waals surface area (Å²) in [5, 5.41) is 0. The quantitative estimate of drug-likeness (QED) is 0.664. The Balaban J connectivity index is 1.94. The number of ether oxygens (including phenoxy) is 2. The van der Waals surface area contributed by atoms with E-state index in [1.165, 1.54) is 5.57 Å². The van der Waals surface area contributed by atoms with Gasteiger partial charge in [-0.05, 0) is 19.8 Å². The van der Waals surface area contributed by atoms with E-state index < -0.39 is 0 Å². The number of allylic oxidation sites excluding steroid dienone is 5. The van der Waals surface area contributed by atoms with Crippen LogP contribution in [0.3, 0.4) is 0 Å². The molecule has 0 unspecified atom stereocenters. The summed E-state index contributed by atoms with van der Waals surface area (Å²) in [5.74, 6) is 1.71. The lowest BCUT2D eigenvalue weighted by molar-refractivity contribution is 0.218. The molecule has 0 atom stereocenters. The van der Waals surface area contributed by atoms with Crippen molar-refractivity contribution in [1.29, 1.82) is 0 Å². The van der Waals surface area contributed by atoms with Gasteiger partial charge in [0.1, 0.15) is 24.0 Å². The Bertz CT molecular complexity index is 332. The Kier molecular flexibility index (Phi) is 2.73. The Hall–Kier alpha value is -1.44. The van der Waals surface area contributed by atoms with Crippen LogP contribution in [0.25, 0.3) is 0 Å². The van der Waals surface area contributed by atoms with E-state index in [9.17, 15) is 0 Å². The van der Waals surface area contributed by atoms with Crippen LogP contribution in [-0.4, -0.2) is 0 Å². The molecule has 0 aromatic carbocycles. The molecule has 0 saturated carbocycles. The molecule has 0 bridgehead atoms. The van der Waals surface area contributed by atoms with E-state index >= 15 is 0 Å². The van der Waals surface area contributed by atoms with Crippen molar-refractivity contribution in [2.45, 2.75) is 26.2 Å². The van der Waals surface area contributed by atoms with Gasteiger partial charge in [-0.1, -0.05) is 23.8 Å².